The molecule has 1 heterocycles. The Morgan fingerprint density at radius 2 is 2.07 bits per heavy atom. The van der Waals surface area contributed by atoms with E-state index in [-0.39, 0.29) is 31.5 Å². The molecule has 3 rings (SSSR count). The standard InChI is InChI=1S/C20H23N3O5/c1-3-14-6-4-5-7-18(14)21-19(24)11-22(2)10-15-8-17(23(25)26)9-16-12-27-13-28-20(15)16/h4-9H,3,10-13H2,1-2H3,(H,21,24). The quantitative estimate of drug-likeness (QED) is 0.581. The molecule has 0 fully saturated rings. The lowest BCUT2D eigenvalue weighted by molar-refractivity contribution is -0.385. The molecule has 0 aliphatic carbocycles. The number of non-ortho nitro benzene ring substituents is 1. The first-order chi connectivity index (χ1) is 13.5. The second-order valence-corrected chi connectivity index (χ2v) is 6.69. The Balaban J connectivity index is 1.70. The van der Waals surface area contributed by atoms with Gasteiger partial charge in [-0.3, -0.25) is 19.8 Å². The molecule has 8 nitrogen and oxygen atoms in total. The van der Waals surface area contributed by atoms with Gasteiger partial charge < -0.3 is 14.8 Å². The number of benzene rings is 2. The fourth-order valence-corrected chi connectivity index (χ4v) is 3.24. The topological polar surface area (TPSA) is 93.9 Å². The van der Waals surface area contributed by atoms with Crippen molar-refractivity contribution in [2.24, 2.45) is 0 Å². The van der Waals surface area contributed by atoms with Gasteiger partial charge >= 0.3 is 0 Å². The fraction of sp³-hybridized carbons (Fsp3) is 0.350. The van der Waals surface area contributed by atoms with Crippen molar-refractivity contribution in [1.82, 2.24) is 4.90 Å². The lowest BCUT2D eigenvalue weighted by atomic mass is 10.1. The molecular weight excluding hydrogens is 362 g/mol. The molecule has 0 unspecified atom stereocenters. The number of rotatable bonds is 7. The van der Waals surface area contributed by atoms with Gasteiger partial charge in [-0.25, -0.2) is 0 Å². The Labute approximate surface area is 163 Å². The maximum Gasteiger partial charge on any atom is 0.270 e. The summed E-state index contributed by atoms with van der Waals surface area (Å²) >= 11 is 0. The molecule has 1 aliphatic rings. The Bertz CT molecular complexity index is 884. The number of para-hydroxylation sites is 1. The second kappa shape index (κ2) is 8.81. The van der Waals surface area contributed by atoms with Crippen molar-refractivity contribution >= 4 is 17.3 Å². The van der Waals surface area contributed by atoms with E-state index in [1.54, 1.807) is 11.9 Å². The van der Waals surface area contributed by atoms with Gasteiger partial charge in [0.15, 0.2) is 6.79 Å². The van der Waals surface area contributed by atoms with Crippen LogP contribution in [0.2, 0.25) is 0 Å². The number of likely N-dealkylation sites (N-methyl/N-ethyl adjacent to an activating group) is 1. The number of nitro groups is 1. The van der Waals surface area contributed by atoms with Gasteiger partial charge in [-0.1, -0.05) is 25.1 Å². The molecule has 148 valence electrons. The van der Waals surface area contributed by atoms with Crippen molar-refractivity contribution < 1.29 is 19.2 Å². The van der Waals surface area contributed by atoms with E-state index < -0.39 is 4.92 Å². The molecule has 0 atom stereocenters. The third-order valence-corrected chi connectivity index (χ3v) is 4.51. The maximum absolute atomic E-state index is 12.4. The molecular formula is C20H23N3O5. The number of amides is 1. The van der Waals surface area contributed by atoms with E-state index in [0.717, 1.165) is 17.7 Å². The molecule has 2 aromatic carbocycles. The summed E-state index contributed by atoms with van der Waals surface area (Å²) in [5.74, 6) is 0.451. The number of hydrogen-bond acceptors (Lipinski definition) is 6. The highest BCUT2D eigenvalue weighted by Gasteiger charge is 2.22. The molecule has 28 heavy (non-hydrogen) atoms. The summed E-state index contributed by atoms with van der Waals surface area (Å²) in [5, 5.41) is 14.1. The molecule has 0 saturated carbocycles. The minimum Gasteiger partial charge on any atom is -0.467 e. The van der Waals surface area contributed by atoms with E-state index in [1.807, 2.05) is 31.2 Å². The number of aryl methyl sites for hydroxylation is 1. The first-order valence-corrected chi connectivity index (χ1v) is 9.05. The van der Waals surface area contributed by atoms with Crippen LogP contribution in [0.4, 0.5) is 11.4 Å². The molecule has 0 spiro atoms. The molecule has 0 radical (unpaired) electrons. The first kappa shape index (κ1) is 19.8. The number of carbonyl (C=O) groups excluding carboxylic acids is 1. The van der Waals surface area contributed by atoms with Crippen LogP contribution in [0, 0.1) is 10.1 Å². The van der Waals surface area contributed by atoms with Crippen molar-refractivity contribution in [3.05, 3.63) is 63.2 Å². The molecule has 1 N–H and O–H groups in total. The number of nitro benzene ring substituents is 1. The van der Waals surface area contributed by atoms with Crippen molar-refractivity contribution in [1.29, 1.82) is 0 Å². The summed E-state index contributed by atoms with van der Waals surface area (Å²) in [6.07, 6.45) is 0.825. The summed E-state index contributed by atoms with van der Waals surface area (Å²) in [6.45, 7) is 2.89. The number of nitrogens with one attached hydrogen (secondary N) is 1. The van der Waals surface area contributed by atoms with Crippen LogP contribution in [-0.2, 0) is 29.1 Å². The van der Waals surface area contributed by atoms with Crippen LogP contribution in [0.5, 0.6) is 5.75 Å². The van der Waals surface area contributed by atoms with Crippen LogP contribution in [0.3, 0.4) is 0 Å². The molecule has 2 aromatic rings. The average molecular weight is 385 g/mol. The van der Waals surface area contributed by atoms with Crippen LogP contribution in [0.25, 0.3) is 0 Å². The van der Waals surface area contributed by atoms with Gasteiger partial charge in [0.05, 0.1) is 18.1 Å². The number of ether oxygens (including phenoxy) is 2. The number of nitrogens with zero attached hydrogens (tertiary/aromatic N) is 2. The van der Waals surface area contributed by atoms with Crippen molar-refractivity contribution in [3.63, 3.8) is 0 Å². The SMILES string of the molecule is CCc1ccccc1NC(=O)CN(C)Cc1cc([N+](=O)[O-])cc2c1OCOC2. The van der Waals surface area contributed by atoms with Gasteiger partial charge in [0.2, 0.25) is 5.91 Å². The largest absolute Gasteiger partial charge is 0.467 e. The highest BCUT2D eigenvalue weighted by atomic mass is 16.7. The van der Waals surface area contributed by atoms with Gasteiger partial charge in [-0.05, 0) is 25.1 Å². The number of carbonyl (C=O) groups is 1. The third-order valence-electron chi connectivity index (χ3n) is 4.51. The third kappa shape index (κ3) is 4.65. The van der Waals surface area contributed by atoms with Crippen molar-refractivity contribution in [2.75, 3.05) is 25.7 Å². The average Bonchev–Trinajstić information content (AvgIpc) is 2.68. The highest BCUT2D eigenvalue weighted by molar-refractivity contribution is 5.93. The zero-order chi connectivity index (χ0) is 20.1. The summed E-state index contributed by atoms with van der Waals surface area (Å²) in [5.41, 5.74) is 3.16. The lowest BCUT2D eigenvalue weighted by Gasteiger charge is -2.23. The number of hydrogen-bond donors (Lipinski definition) is 1. The molecule has 0 aromatic heterocycles. The molecule has 1 amide bonds. The number of anilines is 1. The van der Waals surface area contributed by atoms with Crippen LogP contribution >= 0.6 is 0 Å². The van der Waals surface area contributed by atoms with Crippen LogP contribution < -0.4 is 10.1 Å². The van der Waals surface area contributed by atoms with Gasteiger partial charge in [0.1, 0.15) is 5.75 Å². The Morgan fingerprint density at radius 3 is 2.82 bits per heavy atom. The molecule has 0 saturated heterocycles. The first-order valence-electron chi connectivity index (χ1n) is 9.05. The fourth-order valence-electron chi connectivity index (χ4n) is 3.24. The lowest BCUT2D eigenvalue weighted by Crippen LogP contribution is -2.30. The van der Waals surface area contributed by atoms with Crippen molar-refractivity contribution in [3.8, 4) is 5.75 Å². The van der Waals surface area contributed by atoms with E-state index in [2.05, 4.69) is 5.32 Å². The van der Waals surface area contributed by atoms with Gasteiger partial charge in [-0.2, -0.15) is 0 Å². The van der Waals surface area contributed by atoms with E-state index in [4.69, 9.17) is 9.47 Å². The number of fused-ring (bicyclic) bond motifs is 1. The Hall–Kier alpha value is -2.97. The van der Waals surface area contributed by atoms with Crippen LogP contribution in [-0.4, -0.2) is 36.1 Å². The zero-order valence-corrected chi connectivity index (χ0v) is 15.9. The summed E-state index contributed by atoms with van der Waals surface area (Å²) in [7, 11) is 1.79. The molecule has 8 heteroatoms. The van der Waals surface area contributed by atoms with E-state index in [9.17, 15) is 14.9 Å². The predicted octanol–water partition coefficient (Wildman–Crippen LogP) is 3.09. The zero-order valence-electron chi connectivity index (χ0n) is 15.9. The van der Waals surface area contributed by atoms with Gasteiger partial charge in [-0.15, -0.1) is 0 Å². The Kier molecular flexibility index (Phi) is 6.23. The maximum atomic E-state index is 12.4. The predicted molar refractivity (Wildman–Crippen MR) is 104 cm³/mol. The van der Waals surface area contributed by atoms with Gasteiger partial charge in [0.25, 0.3) is 5.69 Å². The molecule has 0 bridgehead atoms. The minimum atomic E-state index is -0.438. The van der Waals surface area contributed by atoms with Gasteiger partial charge in [0, 0.05) is 35.5 Å². The van der Waals surface area contributed by atoms with Crippen LogP contribution in [0.1, 0.15) is 23.6 Å². The normalized spacial score (nSPS) is 13.0. The minimum absolute atomic E-state index is 0.0161. The summed E-state index contributed by atoms with van der Waals surface area (Å²) < 4.78 is 10.8. The monoisotopic (exact) mass is 385 g/mol. The van der Waals surface area contributed by atoms with E-state index >= 15 is 0 Å². The Morgan fingerprint density at radius 1 is 1.29 bits per heavy atom. The van der Waals surface area contributed by atoms with Crippen LogP contribution in [0.15, 0.2) is 36.4 Å². The van der Waals surface area contributed by atoms with E-state index in [1.165, 1.54) is 12.1 Å². The van der Waals surface area contributed by atoms with Crippen molar-refractivity contribution in [2.45, 2.75) is 26.5 Å². The summed E-state index contributed by atoms with van der Waals surface area (Å²) in [6, 6.07) is 10.6. The molecule has 1 aliphatic heterocycles. The highest BCUT2D eigenvalue weighted by Crippen LogP contribution is 2.33. The van der Waals surface area contributed by atoms with E-state index in [0.29, 0.717) is 23.4 Å². The second-order valence-electron chi connectivity index (χ2n) is 6.69. The summed E-state index contributed by atoms with van der Waals surface area (Å²) in [4.78, 5) is 25.0. The smallest absolute Gasteiger partial charge is 0.270 e.